The van der Waals surface area contributed by atoms with Gasteiger partial charge in [-0.05, 0) is 37.1 Å². The predicted molar refractivity (Wildman–Crippen MR) is 96.4 cm³/mol. The van der Waals surface area contributed by atoms with Crippen molar-refractivity contribution in [2.75, 3.05) is 5.32 Å². The SMILES string of the molecule is Cc1cccc(C)c1NC(=O)/C(C#N)=C/c1c[nH]c2ccccc12. The van der Waals surface area contributed by atoms with Crippen LogP contribution in [0.3, 0.4) is 0 Å². The average molecular weight is 315 g/mol. The van der Waals surface area contributed by atoms with E-state index in [-0.39, 0.29) is 5.57 Å². The summed E-state index contributed by atoms with van der Waals surface area (Å²) < 4.78 is 0. The summed E-state index contributed by atoms with van der Waals surface area (Å²) >= 11 is 0. The monoisotopic (exact) mass is 315 g/mol. The molecule has 118 valence electrons. The second kappa shape index (κ2) is 6.43. The first-order valence-electron chi connectivity index (χ1n) is 7.65. The molecule has 4 heteroatoms. The Bertz CT molecular complexity index is 969. The number of nitrogens with one attached hydrogen (secondary N) is 2. The minimum atomic E-state index is -0.403. The number of carbonyl (C=O) groups is 1. The lowest BCUT2D eigenvalue weighted by Gasteiger charge is -2.10. The molecule has 0 bridgehead atoms. The van der Waals surface area contributed by atoms with Crippen LogP contribution >= 0.6 is 0 Å². The molecule has 3 aromatic rings. The first-order valence-corrected chi connectivity index (χ1v) is 7.65. The number of aryl methyl sites for hydroxylation is 2. The van der Waals surface area contributed by atoms with Crippen LogP contribution in [-0.2, 0) is 4.79 Å². The highest BCUT2D eigenvalue weighted by molar-refractivity contribution is 6.11. The molecule has 0 aliphatic carbocycles. The van der Waals surface area contributed by atoms with Gasteiger partial charge in [-0.25, -0.2) is 0 Å². The van der Waals surface area contributed by atoms with Gasteiger partial charge in [-0.15, -0.1) is 0 Å². The zero-order valence-corrected chi connectivity index (χ0v) is 13.6. The zero-order chi connectivity index (χ0) is 17.1. The Morgan fingerprint density at radius 2 is 1.83 bits per heavy atom. The highest BCUT2D eigenvalue weighted by Gasteiger charge is 2.13. The Morgan fingerprint density at radius 3 is 2.54 bits per heavy atom. The Balaban J connectivity index is 1.94. The minimum Gasteiger partial charge on any atom is -0.361 e. The van der Waals surface area contributed by atoms with Crippen LogP contribution in [0.25, 0.3) is 17.0 Å². The minimum absolute atomic E-state index is 0.0717. The Morgan fingerprint density at radius 1 is 1.12 bits per heavy atom. The first-order chi connectivity index (χ1) is 11.6. The lowest BCUT2D eigenvalue weighted by Crippen LogP contribution is -2.15. The summed E-state index contributed by atoms with van der Waals surface area (Å²) in [5.41, 5.74) is 4.54. The molecule has 1 amide bonds. The number of H-pyrrole nitrogens is 1. The smallest absolute Gasteiger partial charge is 0.266 e. The number of aromatic amines is 1. The van der Waals surface area contributed by atoms with E-state index in [1.807, 2.05) is 62.4 Å². The normalized spacial score (nSPS) is 11.3. The summed E-state index contributed by atoms with van der Waals surface area (Å²) in [5.74, 6) is -0.403. The number of amides is 1. The maximum absolute atomic E-state index is 12.5. The summed E-state index contributed by atoms with van der Waals surface area (Å²) in [5, 5.41) is 13.2. The van der Waals surface area contributed by atoms with Gasteiger partial charge in [0.25, 0.3) is 5.91 Å². The third-order valence-corrected chi connectivity index (χ3v) is 4.01. The molecule has 4 nitrogen and oxygen atoms in total. The Hall–Kier alpha value is -3.32. The molecule has 0 radical (unpaired) electrons. The van der Waals surface area contributed by atoms with Gasteiger partial charge in [0.1, 0.15) is 11.6 Å². The number of hydrogen-bond donors (Lipinski definition) is 2. The van der Waals surface area contributed by atoms with Crippen molar-refractivity contribution in [3.63, 3.8) is 0 Å². The van der Waals surface area contributed by atoms with E-state index in [0.717, 1.165) is 33.3 Å². The third-order valence-electron chi connectivity index (χ3n) is 4.01. The number of carbonyl (C=O) groups excluding carboxylic acids is 1. The largest absolute Gasteiger partial charge is 0.361 e. The van der Waals surface area contributed by atoms with E-state index < -0.39 is 5.91 Å². The molecule has 0 fully saturated rings. The lowest BCUT2D eigenvalue weighted by atomic mass is 10.1. The van der Waals surface area contributed by atoms with Crippen molar-refractivity contribution in [1.29, 1.82) is 5.26 Å². The second-order valence-corrected chi connectivity index (χ2v) is 5.68. The van der Waals surface area contributed by atoms with E-state index in [1.54, 1.807) is 12.3 Å². The number of aromatic nitrogens is 1. The summed E-state index contributed by atoms with van der Waals surface area (Å²) in [6.07, 6.45) is 3.41. The number of anilines is 1. The van der Waals surface area contributed by atoms with Gasteiger partial charge in [0.15, 0.2) is 0 Å². The fourth-order valence-corrected chi connectivity index (χ4v) is 2.71. The molecule has 0 aliphatic rings. The molecule has 0 aliphatic heterocycles. The van der Waals surface area contributed by atoms with Crippen molar-refractivity contribution in [3.05, 3.63) is 70.9 Å². The van der Waals surface area contributed by atoms with Crippen LogP contribution in [0.2, 0.25) is 0 Å². The van der Waals surface area contributed by atoms with Crippen LogP contribution in [0, 0.1) is 25.2 Å². The van der Waals surface area contributed by atoms with Crippen molar-refractivity contribution in [2.45, 2.75) is 13.8 Å². The van der Waals surface area contributed by atoms with E-state index in [4.69, 9.17) is 0 Å². The second-order valence-electron chi connectivity index (χ2n) is 5.68. The van der Waals surface area contributed by atoms with E-state index in [9.17, 15) is 10.1 Å². The Kier molecular flexibility index (Phi) is 4.17. The number of para-hydroxylation sites is 2. The van der Waals surface area contributed by atoms with Crippen molar-refractivity contribution >= 4 is 28.6 Å². The predicted octanol–water partition coefficient (Wildman–Crippen LogP) is 4.33. The van der Waals surface area contributed by atoms with Gasteiger partial charge in [-0.2, -0.15) is 5.26 Å². The first kappa shape index (κ1) is 15.6. The number of nitrogens with zero attached hydrogens (tertiary/aromatic N) is 1. The van der Waals surface area contributed by atoms with Crippen LogP contribution in [0.4, 0.5) is 5.69 Å². The maximum Gasteiger partial charge on any atom is 0.266 e. The number of nitriles is 1. The molecule has 0 unspecified atom stereocenters. The summed E-state index contributed by atoms with van der Waals surface area (Å²) in [7, 11) is 0. The highest BCUT2D eigenvalue weighted by Crippen LogP contribution is 2.22. The molecule has 1 aromatic heterocycles. The summed E-state index contributed by atoms with van der Waals surface area (Å²) in [6, 6.07) is 15.6. The Labute approximate surface area is 140 Å². The van der Waals surface area contributed by atoms with E-state index in [0.29, 0.717) is 0 Å². The van der Waals surface area contributed by atoms with Crippen molar-refractivity contribution in [3.8, 4) is 6.07 Å². The van der Waals surface area contributed by atoms with Crippen molar-refractivity contribution < 1.29 is 4.79 Å². The number of rotatable bonds is 3. The fraction of sp³-hybridized carbons (Fsp3) is 0.100. The van der Waals surface area contributed by atoms with Crippen LogP contribution in [0.1, 0.15) is 16.7 Å². The fourth-order valence-electron chi connectivity index (χ4n) is 2.71. The molecule has 1 heterocycles. The van der Waals surface area contributed by atoms with E-state index >= 15 is 0 Å². The van der Waals surface area contributed by atoms with Gasteiger partial charge in [-0.3, -0.25) is 4.79 Å². The number of benzene rings is 2. The molecule has 24 heavy (non-hydrogen) atoms. The van der Waals surface area contributed by atoms with E-state index in [2.05, 4.69) is 10.3 Å². The molecule has 0 atom stereocenters. The topological polar surface area (TPSA) is 68.7 Å². The van der Waals surface area contributed by atoms with Gasteiger partial charge in [0.2, 0.25) is 0 Å². The van der Waals surface area contributed by atoms with Gasteiger partial charge in [-0.1, -0.05) is 36.4 Å². The molecule has 3 rings (SSSR count). The van der Waals surface area contributed by atoms with Crippen molar-refractivity contribution in [1.82, 2.24) is 4.98 Å². The molecule has 0 spiro atoms. The number of hydrogen-bond acceptors (Lipinski definition) is 2. The number of fused-ring (bicyclic) bond motifs is 1. The zero-order valence-electron chi connectivity index (χ0n) is 13.6. The third kappa shape index (κ3) is 2.92. The molecular formula is C20H17N3O. The lowest BCUT2D eigenvalue weighted by molar-refractivity contribution is -0.112. The quantitative estimate of drug-likeness (QED) is 0.558. The summed E-state index contributed by atoms with van der Waals surface area (Å²) in [6.45, 7) is 3.86. The van der Waals surface area contributed by atoms with Crippen LogP contribution < -0.4 is 5.32 Å². The molecule has 2 N–H and O–H groups in total. The van der Waals surface area contributed by atoms with Crippen LogP contribution in [0.15, 0.2) is 54.2 Å². The van der Waals surface area contributed by atoms with Gasteiger partial charge < -0.3 is 10.3 Å². The van der Waals surface area contributed by atoms with Gasteiger partial charge >= 0.3 is 0 Å². The standard InChI is InChI=1S/C20H17N3O/c1-13-6-5-7-14(2)19(13)23-20(24)15(11-21)10-16-12-22-18-9-4-3-8-17(16)18/h3-10,12,22H,1-2H3,(H,23,24)/b15-10+. The molecule has 0 saturated carbocycles. The molecular weight excluding hydrogens is 298 g/mol. The summed E-state index contributed by atoms with van der Waals surface area (Å²) in [4.78, 5) is 15.6. The highest BCUT2D eigenvalue weighted by atomic mass is 16.1. The maximum atomic E-state index is 12.5. The van der Waals surface area contributed by atoms with Gasteiger partial charge in [0, 0.05) is 28.4 Å². The average Bonchev–Trinajstić information content (AvgIpc) is 2.99. The molecule has 0 saturated heterocycles. The van der Waals surface area contributed by atoms with Crippen LogP contribution in [-0.4, -0.2) is 10.9 Å². The van der Waals surface area contributed by atoms with Crippen molar-refractivity contribution in [2.24, 2.45) is 0 Å². The molecule has 2 aromatic carbocycles. The van der Waals surface area contributed by atoms with Crippen LogP contribution in [0.5, 0.6) is 0 Å². The van der Waals surface area contributed by atoms with E-state index in [1.165, 1.54) is 0 Å². The van der Waals surface area contributed by atoms with Gasteiger partial charge in [0.05, 0.1) is 0 Å².